The number of amides is 4. The highest BCUT2D eigenvalue weighted by atomic mass is 16.4. The molecule has 0 bridgehead atoms. The molecule has 0 aliphatic heterocycles. The van der Waals surface area contributed by atoms with Crippen LogP contribution in [0.25, 0.3) is 0 Å². The SMILES string of the molecule is N[C@@H](CCCCN(Cc1nccn1CC(=O)C(CC(=O)O)CC(=O)O)Cc1nccn1CC(=O)N(CC(=O)O)CC(=O)O)C(=O)NCCCC[C@H](NC(=O)N[C@@H](CCC(=O)O)C(=O)O)C(=O)O. The van der Waals surface area contributed by atoms with Crippen LogP contribution in [-0.4, -0.2) is 174 Å². The van der Waals surface area contributed by atoms with E-state index in [1.807, 2.05) is 10.2 Å². The number of carboxylic acids is 7. The molecule has 0 aromatic carbocycles. The second-order valence-electron chi connectivity index (χ2n) is 15.3. The Morgan fingerprint density at radius 3 is 1.63 bits per heavy atom. The number of aromatic nitrogens is 4. The van der Waals surface area contributed by atoms with E-state index in [4.69, 9.17) is 10.8 Å². The Balaban J connectivity index is 2.07. The van der Waals surface area contributed by atoms with Crippen LogP contribution in [0.15, 0.2) is 24.8 Å². The normalized spacial score (nSPS) is 12.4. The summed E-state index contributed by atoms with van der Waals surface area (Å²) in [6.45, 7) is -2.18. The summed E-state index contributed by atoms with van der Waals surface area (Å²) in [5.41, 5.74) is 6.14. The smallest absolute Gasteiger partial charge is 0.326 e. The van der Waals surface area contributed by atoms with Crippen LogP contribution in [0.5, 0.6) is 0 Å². The molecule has 0 saturated carbocycles. The van der Waals surface area contributed by atoms with Crippen molar-refractivity contribution in [1.29, 1.82) is 0 Å². The van der Waals surface area contributed by atoms with Gasteiger partial charge in [0.05, 0.1) is 38.5 Å². The molecule has 2 heterocycles. The van der Waals surface area contributed by atoms with Gasteiger partial charge in [-0.25, -0.2) is 24.4 Å². The number of hydrogen-bond acceptors (Lipinski definition) is 15. The maximum Gasteiger partial charge on any atom is 0.326 e. The number of aliphatic carboxylic acids is 7. The van der Waals surface area contributed by atoms with Gasteiger partial charge < -0.3 is 71.5 Å². The fraction of sp³-hybridized carbons (Fsp3) is 0.564. The van der Waals surface area contributed by atoms with Gasteiger partial charge in [0, 0.05) is 43.7 Å². The van der Waals surface area contributed by atoms with Crippen molar-refractivity contribution in [3.8, 4) is 0 Å². The first kappa shape index (κ1) is 55.6. The van der Waals surface area contributed by atoms with Gasteiger partial charge in [0.25, 0.3) is 0 Å². The maximum absolute atomic E-state index is 13.1. The van der Waals surface area contributed by atoms with Crippen molar-refractivity contribution in [1.82, 2.24) is 44.9 Å². The van der Waals surface area contributed by atoms with Gasteiger partial charge in [0.15, 0.2) is 5.78 Å². The number of nitrogens with one attached hydrogen (secondary N) is 3. The molecule has 0 aliphatic carbocycles. The molecule has 4 amide bonds. The van der Waals surface area contributed by atoms with Gasteiger partial charge in [0.2, 0.25) is 11.8 Å². The number of unbranched alkanes of at least 4 members (excludes halogenated alkanes) is 2. The van der Waals surface area contributed by atoms with Crippen LogP contribution in [0.2, 0.25) is 0 Å². The first-order valence-electron chi connectivity index (χ1n) is 20.7. The minimum Gasteiger partial charge on any atom is -0.481 e. The average Bonchev–Trinajstić information content (AvgIpc) is 3.86. The number of urea groups is 1. The predicted molar refractivity (Wildman–Crippen MR) is 223 cm³/mol. The standard InChI is InChI=1S/C39H56N10O18/c40-24(36(62)43-9-3-1-6-25(37(63)64)44-39(67)45-26(38(65)66)7-8-31(52)53)5-2-4-12-46(18-28-41-10-13-47(28)17-27(50)23(15-32(54)55)16-33(56)57)19-29-42-11-14-48(29)20-30(51)49(21-34(58)59)22-35(60)61/h10-11,13-14,23-26H,1-9,12,15-22,40H2,(H,43,62)(H,52,53)(H,54,55)(H,56,57)(H,58,59)(H,60,61)(H,63,64)(H,65,66)(H2,44,45,67)/t24-,25-,26-/m0/s1. The van der Waals surface area contributed by atoms with Crippen LogP contribution < -0.4 is 21.7 Å². The molecule has 67 heavy (non-hydrogen) atoms. The van der Waals surface area contributed by atoms with Crippen LogP contribution in [0.4, 0.5) is 4.79 Å². The van der Waals surface area contributed by atoms with Gasteiger partial charge in [-0.1, -0.05) is 6.42 Å². The maximum atomic E-state index is 13.1. The number of carbonyl (C=O) groups excluding carboxylic acids is 4. The Kier molecular flexibility index (Phi) is 23.6. The van der Waals surface area contributed by atoms with Crippen molar-refractivity contribution >= 4 is 65.4 Å². The third-order valence-corrected chi connectivity index (χ3v) is 9.92. The molecular formula is C39H56N10O18. The second-order valence-corrected chi connectivity index (χ2v) is 15.3. The van der Waals surface area contributed by atoms with E-state index < -0.39 is 141 Å². The minimum absolute atomic E-state index is 0.0186. The quantitative estimate of drug-likeness (QED) is 0.0335. The Labute approximate surface area is 381 Å². The van der Waals surface area contributed by atoms with E-state index in [1.165, 1.54) is 33.9 Å². The molecule has 0 fully saturated rings. The number of nitrogens with zero attached hydrogens (tertiary/aromatic N) is 6. The third kappa shape index (κ3) is 21.8. The summed E-state index contributed by atoms with van der Waals surface area (Å²) in [7, 11) is 0. The van der Waals surface area contributed by atoms with E-state index in [-0.39, 0.29) is 51.9 Å². The third-order valence-electron chi connectivity index (χ3n) is 9.92. The summed E-state index contributed by atoms with van der Waals surface area (Å²) in [5.74, 6) is -12.5. The van der Waals surface area contributed by atoms with Crippen molar-refractivity contribution in [2.45, 2.75) is 109 Å². The zero-order valence-electron chi connectivity index (χ0n) is 36.2. The monoisotopic (exact) mass is 952 g/mol. The van der Waals surface area contributed by atoms with E-state index in [0.717, 1.165) is 0 Å². The second kappa shape index (κ2) is 28.4. The zero-order chi connectivity index (χ0) is 50.2. The van der Waals surface area contributed by atoms with E-state index in [9.17, 15) is 83.4 Å². The molecule has 3 atom stereocenters. The number of Topliss-reactive ketones (excluding diaryl/α,β-unsaturated/α-hetero) is 1. The largest absolute Gasteiger partial charge is 0.481 e. The number of imidazole rings is 2. The van der Waals surface area contributed by atoms with E-state index in [2.05, 4.69) is 20.6 Å². The molecule has 370 valence electrons. The number of carboxylic acid groups (broad SMARTS) is 7. The lowest BCUT2D eigenvalue weighted by Gasteiger charge is -2.24. The highest BCUT2D eigenvalue weighted by molar-refractivity contribution is 5.88. The fourth-order valence-corrected chi connectivity index (χ4v) is 6.50. The van der Waals surface area contributed by atoms with Gasteiger partial charge in [-0.15, -0.1) is 0 Å². The average molecular weight is 953 g/mol. The summed E-state index contributed by atoms with van der Waals surface area (Å²) in [6, 6.07) is -5.07. The molecule has 0 radical (unpaired) electrons. The minimum atomic E-state index is -1.57. The molecule has 0 saturated heterocycles. The van der Waals surface area contributed by atoms with Gasteiger partial charge >= 0.3 is 47.8 Å². The van der Waals surface area contributed by atoms with E-state index in [1.54, 1.807) is 0 Å². The number of nitrogens with two attached hydrogens (primary N) is 1. The summed E-state index contributed by atoms with van der Waals surface area (Å²) >= 11 is 0. The Morgan fingerprint density at radius 1 is 0.627 bits per heavy atom. The highest BCUT2D eigenvalue weighted by Crippen LogP contribution is 2.16. The van der Waals surface area contributed by atoms with Crippen LogP contribution in [0, 0.1) is 5.92 Å². The van der Waals surface area contributed by atoms with Gasteiger partial charge in [-0.2, -0.15) is 0 Å². The van der Waals surface area contributed by atoms with Crippen molar-refractivity contribution in [3.05, 3.63) is 36.4 Å². The molecule has 2 aromatic heterocycles. The predicted octanol–water partition coefficient (Wildman–Crippen LogP) is -1.93. The fourth-order valence-electron chi connectivity index (χ4n) is 6.50. The molecular weight excluding hydrogens is 896 g/mol. The Bertz CT molecular complexity index is 1950. The topological polar surface area (TPSA) is 434 Å². The number of ketones is 1. The van der Waals surface area contributed by atoms with Crippen molar-refractivity contribution < 1.29 is 88.5 Å². The van der Waals surface area contributed by atoms with Crippen LogP contribution in [0.3, 0.4) is 0 Å². The van der Waals surface area contributed by atoms with Crippen LogP contribution in [-0.2, 0) is 74.1 Å². The molecule has 2 aromatic rings. The van der Waals surface area contributed by atoms with Crippen LogP contribution >= 0.6 is 0 Å². The molecule has 2 rings (SSSR count). The zero-order valence-corrected chi connectivity index (χ0v) is 36.2. The van der Waals surface area contributed by atoms with E-state index >= 15 is 0 Å². The van der Waals surface area contributed by atoms with Crippen molar-refractivity contribution in [2.24, 2.45) is 11.7 Å². The summed E-state index contributed by atoms with van der Waals surface area (Å²) in [4.78, 5) is 141. The van der Waals surface area contributed by atoms with E-state index in [0.29, 0.717) is 29.4 Å². The molecule has 28 nitrogen and oxygen atoms in total. The molecule has 0 spiro atoms. The molecule has 28 heteroatoms. The van der Waals surface area contributed by atoms with Gasteiger partial charge in [0.1, 0.15) is 43.4 Å². The first-order chi connectivity index (χ1) is 31.6. The van der Waals surface area contributed by atoms with Gasteiger partial charge in [-0.3, -0.25) is 43.3 Å². The number of hydrogen-bond donors (Lipinski definition) is 11. The summed E-state index contributed by atoms with van der Waals surface area (Å²) in [6.07, 6.45) is 4.65. The lowest BCUT2D eigenvalue weighted by atomic mass is 9.96. The molecule has 0 aliphatic rings. The lowest BCUT2D eigenvalue weighted by molar-refractivity contribution is -0.149. The Hall–Kier alpha value is -7.49. The van der Waals surface area contributed by atoms with Crippen LogP contribution in [0.1, 0.15) is 75.9 Å². The lowest BCUT2D eigenvalue weighted by Crippen LogP contribution is -2.51. The van der Waals surface area contributed by atoms with Crippen molar-refractivity contribution in [2.75, 3.05) is 26.2 Å². The molecule has 12 N–H and O–H groups in total. The first-order valence-corrected chi connectivity index (χ1v) is 20.7. The van der Waals surface area contributed by atoms with Crippen molar-refractivity contribution in [3.63, 3.8) is 0 Å². The number of carbonyl (C=O) groups is 11. The Morgan fingerprint density at radius 2 is 1.13 bits per heavy atom. The van der Waals surface area contributed by atoms with Gasteiger partial charge in [-0.05, 0) is 45.1 Å². The highest BCUT2D eigenvalue weighted by Gasteiger charge is 2.28. The summed E-state index contributed by atoms with van der Waals surface area (Å²) in [5, 5.41) is 71.2. The summed E-state index contributed by atoms with van der Waals surface area (Å²) < 4.78 is 2.82. The number of rotatable bonds is 35. The molecule has 0 unspecified atom stereocenters.